The average Bonchev–Trinajstić information content (AvgIpc) is 2.99. The van der Waals surface area contributed by atoms with Gasteiger partial charge in [-0.3, -0.25) is 4.79 Å². The molecule has 0 aliphatic heterocycles. The van der Waals surface area contributed by atoms with E-state index in [1.807, 2.05) is 66.7 Å². The number of carbonyl (C=O) groups is 1. The van der Waals surface area contributed by atoms with Gasteiger partial charge in [-0.1, -0.05) is 60.7 Å². The van der Waals surface area contributed by atoms with Crippen LogP contribution in [0.2, 0.25) is 0 Å². The van der Waals surface area contributed by atoms with Gasteiger partial charge in [-0.25, -0.2) is 0 Å². The summed E-state index contributed by atoms with van der Waals surface area (Å²) >= 11 is 0. The van der Waals surface area contributed by atoms with Crippen LogP contribution in [0.25, 0.3) is 21.7 Å². The predicted octanol–water partition coefficient (Wildman–Crippen LogP) is 4.82. The molecule has 0 radical (unpaired) electrons. The zero-order chi connectivity index (χ0) is 14.2. The predicted molar refractivity (Wildman–Crippen MR) is 83.6 cm³/mol. The molecule has 1 heterocycles. The van der Waals surface area contributed by atoms with Gasteiger partial charge in [-0.15, -0.1) is 0 Å². The maximum atomic E-state index is 12.7. The topological polar surface area (TPSA) is 30.2 Å². The van der Waals surface area contributed by atoms with Crippen LogP contribution >= 0.6 is 0 Å². The van der Waals surface area contributed by atoms with Crippen LogP contribution in [0.5, 0.6) is 0 Å². The Morgan fingerprint density at radius 3 is 2.43 bits per heavy atom. The van der Waals surface area contributed by atoms with Crippen molar-refractivity contribution in [3.05, 3.63) is 84.1 Å². The molecular formula is C19H12O2. The molecule has 0 aliphatic rings. The maximum Gasteiger partial charge on any atom is 0.196 e. The van der Waals surface area contributed by atoms with E-state index in [1.54, 1.807) is 6.26 Å². The summed E-state index contributed by atoms with van der Waals surface area (Å²) in [7, 11) is 0. The molecule has 21 heavy (non-hydrogen) atoms. The van der Waals surface area contributed by atoms with E-state index in [0.717, 1.165) is 21.7 Å². The summed E-state index contributed by atoms with van der Waals surface area (Å²) in [6.07, 6.45) is 1.56. The van der Waals surface area contributed by atoms with Gasteiger partial charge in [0.05, 0.1) is 5.56 Å². The summed E-state index contributed by atoms with van der Waals surface area (Å²) < 4.78 is 5.58. The summed E-state index contributed by atoms with van der Waals surface area (Å²) in [4.78, 5) is 12.7. The standard InChI is InChI=1S/C19H12O2/c20-19(14-7-2-1-3-8-14)16-12-21-17-11-10-13-6-4-5-9-15(13)18(16)17/h1-12H. The normalized spacial score (nSPS) is 11.0. The second kappa shape index (κ2) is 4.60. The molecule has 0 amide bonds. The Balaban J connectivity index is 2.02. The summed E-state index contributed by atoms with van der Waals surface area (Å²) in [5.74, 6) is -0.00861. The summed E-state index contributed by atoms with van der Waals surface area (Å²) in [5.41, 5.74) is 2.04. The van der Waals surface area contributed by atoms with Crippen molar-refractivity contribution in [3.8, 4) is 0 Å². The van der Waals surface area contributed by atoms with Gasteiger partial charge < -0.3 is 4.42 Å². The highest BCUT2D eigenvalue weighted by molar-refractivity contribution is 6.21. The number of hydrogen-bond acceptors (Lipinski definition) is 2. The zero-order valence-corrected chi connectivity index (χ0v) is 11.2. The summed E-state index contributed by atoms with van der Waals surface area (Å²) in [6, 6.07) is 21.3. The van der Waals surface area contributed by atoms with Crippen LogP contribution in [0, 0.1) is 0 Å². The minimum Gasteiger partial charge on any atom is -0.464 e. The fourth-order valence-electron chi connectivity index (χ4n) is 2.72. The number of rotatable bonds is 2. The van der Waals surface area contributed by atoms with E-state index in [1.165, 1.54) is 0 Å². The monoisotopic (exact) mass is 272 g/mol. The molecule has 2 heteroatoms. The molecule has 4 rings (SSSR count). The molecule has 2 nitrogen and oxygen atoms in total. The largest absolute Gasteiger partial charge is 0.464 e. The van der Waals surface area contributed by atoms with Gasteiger partial charge >= 0.3 is 0 Å². The van der Waals surface area contributed by atoms with E-state index in [-0.39, 0.29) is 5.78 Å². The van der Waals surface area contributed by atoms with Crippen LogP contribution in [0.3, 0.4) is 0 Å². The van der Waals surface area contributed by atoms with Crippen molar-refractivity contribution in [1.29, 1.82) is 0 Å². The first-order valence-electron chi connectivity index (χ1n) is 6.83. The van der Waals surface area contributed by atoms with E-state index in [0.29, 0.717) is 11.1 Å². The first-order chi connectivity index (χ1) is 10.3. The van der Waals surface area contributed by atoms with Crippen LogP contribution < -0.4 is 0 Å². The molecule has 0 unspecified atom stereocenters. The molecule has 0 spiro atoms. The van der Waals surface area contributed by atoms with Crippen molar-refractivity contribution in [1.82, 2.24) is 0 Å². The van der Waals surface area contributed by atoms with E-state index >= 15 is 0 Å². The quantitative estimate of drug-likeness (QED) is 0.490. The van der Waals surface area contributed by atoms with Crippen molar-refractivity contribution in [2.75, 3.05) is 0 Å². The van der Waals surface area contributed by atoms with Crippen LogP contribution in [-0.2, 0) is 0 Å². The van der Waals surface area contributed by atoms with Gasteiger partial charge in [0.1, 0.15) is 11.8 Å². The smallest absolute Gasteiger partial charge is 0.196 e. The minimum atomic E-state index is -0.00861. The highest BCUT2D eigenvalue weighted by Crippen LogP contribution is 2.31. The minimum absolute atomic E-state index is 0.00861. The van der Waals surface area contributed by atoms with Crippen molar-refractivity contribution < 1.29 is 9.21 Å². The Bertz CT molecular complexity index is 949. The third kappa shape index (κ3) is 1.84. The molecule has 0 atom stereocenters. The molecule has 1 aromatic heterocycles. The van der Waals surface area contributed by atoms with Gasteiger partial charge in [-0.05, 0) is 16.8 Å². The summed E-state index contributed by atoms with van der Waals surface area (Å²) in [5, 5.41) is 3.04. The Morgan fingerprint density at radius 2 is 1.57 bits per heavy atom. The van der Waals surface area contributed by atoms with Crippen molar-refractivity contribution >= 4 is 27.5 Å². The second-order valence-corrected chi connectivity index (χ2v) is 5.00. The third-order valence-corrected chi connectivity index (χ3v) is 3.74. The van der Waals surface area contributed by atoms with E-state index in [4.69, 9.17) is 4.42 Å². The zero-order valence-electron chi connectivity index (χ0n) is 11.2. The lowest BCUT2D eigenvalue weighted by molar-refractivity contribution is 0.103. The maximum absolute atomic E-state index is 12.7. The number of fused-ring (bicyclic) bond motifs is 3. The highest BCUT2D eigenvalue weighted by Gasteiger charge is 2.17. The molecule has 100 valence electrons. The van der Waals surface area contributed by atoms with E-state index in [2.05, 4.69) is 0 Å². The van der Waals surface area contributed by atoms with Crippen molar-refractivity contribution in [2.24, 2.45) is 0 Å². The van der Waals surface area contributed by atoms with E-state index < -0.39 is 0 Å². The number of ketones is 1. The molecule has 0 bridgehead atoms. The Labute approximate surface area is 121 Å². The first kappa shape index (κ1) is 11.9. The van der Waals surface area contributed by atoms with Crippen molar-refractivity contribution in [3.63, 3.8) is 0 Å². The molecular weight excluding hydrogens is 260 g/mol. The molecule has 0 fully saturated rings. The average molecular weight is 272 g/mol. The van der Waals surface area contributed by atoms with Crippen LogP contribution in [0.15, 0.2) is 77.4 Å². The summed E-state index contributed by atoms with van der Waals surface area (Å²) in [6.45, 7) is 0. The molecule has 4 aromatic rings. The molecule has 0 N–H and O–H groups in total. The Hall–Kier alpha value is -2.87. The molecule has 0 aliphatic carbocycles. The Kier molecular flexibility index (Phi) is 2.61. The van der Waals surface area contributed by atoms with E-state index in [9.17, 15) is 4.79 Å². The van der Waals surface area contributed by atoms with Gasteiger partial charge in [-0.2, -0.15) is 0 Å². The van der Waals surface area contributed by atoms with Crippen LogP contribution in [-0.4, -0.2) is 5.78 Å². The fourth-order valence-corrected chi connectivity index (χ4v) is 2.72. The number of hydrogen-bond donors (Lipinski definition) is 0. The first-order valence-corrected chi connectivity index (χ1v) is 6.83. The molecule has 3 aromatic carbocycles. The third-order valence-electron chi connectivity index (χ3n) is 3.74. The Morgan fingerprint density at radius 1 is 0.810 bits per heavy atom. The van der Waals surface area contributed by atoms with Gasteiger partial charge in [0, 0.05) is 10.9 Å². The lowest BCUT2D eigenvalue weighted by Crippen LogP contribution is -1.99. The number of carbonyl (C=O) groups excluding carboxylic acids is 1. The van der Waals surface area contributed by atoms with Crippen LogP contribution in [0.1, 0.15) is 15.9 Å². The van der Waals surface area contributed by atoms with Gasteiger partial charge in [0.15, 0.2) is 5.78 Å². The fraction of sp³-hybridized carbons (Fsp3) is 0. The lowest BCUT2D eigenvalue weighted by atomic mass is 9.98. The van der Waals surface area contributed by atoms with Crippen molar-refractivity contribution in [2.45, 2.75) is 0 Å². The number of furan rings is 1. The molecule has 0 saturated heterocycles. The number of benzene rings is 3. The van der Waals surface area contributed by atoms with Gasteiger partial charge in [0.25, 0.3) is 0 Å². The SMILES string of the molecule is O=C(c1ccccc1)c1coc2ccc3ccccc3c12. The van der Waals surface area contributed by atoms with Gasteiger partial charge in [0.2, 0.25) is 0 Å². The highest BCUT2D eigenvalue weighted by atomic mass is 16.3. The lowest BCUT2D eigenvalue weighted by Gasteiger charge is -2.02. The molecule has 0 saturated carbocycles. The van der Waals surface area contributed by atoms with Crippen LogP contribution in [0.4, 0.5) is 0 Å². The second-order valence-electron chi connectivity index (χ2n) is 5.00.